The van der Waals surface area contributed by atoms with E-state index < -0.39 is 6.04 Å². The number of hydrogen-bond acceptors (Lipinski definition) is 4. The molecule has 1 aliphatic rings. The number of hydrogen-bond donors (Lipinski definition) is 3. The minimum atomic E-state index is -0.419. The van der Waals surface area contributed by atoms with Crippen LogP contribution in [0.5, 0.6) is 0 Å². The van der Waals surface area contributed by atoms with Gasteiger partial charge in [0.15, 0.2) is 0 Å². The molecule has 1 aromatic carbocycles. The van der Waals surface area contributed by atoms with Crippen molar-refractivity contribution in [3.8, 4) is 0 Å². The van der Waals surface area contributed by atoms with Crippen molar-refractivity contribution in [2.45, 2.75) is 19.1 Å². The standard InChI is InChI=1S/C14H18ClN3O3/c1-8-12(17-5-6-21-8)14(20)18-9-3-4-11(15)10(7-9)13(19)16-2/h3-4,7-8,12,17H,5-6H2,1-2H3,(H,16,19)(H,18,20)/t8-,12+/m1/s1. The van der Waals surface area contributed by atoms with Crippen molar-refractivity contribution < 1.29 is 14.3 Å². The fourth-order valence-corrected chi connectivity index (χ4v) is 2.36. The maximum atomic E-state index is 12.2. The highest BCUT2D eigenvalue weighted by Crippen LogP contribution is 2.21. The van der Waals surface area contributed by atoms with Crippen molar-refractivity contribution in [2.75, 3.05) is 25.5 Å². The van der Waals surface area contributed by atoms with Gasteiger partial charge in [-0.3, -0.25) is 9.59 Å². The summed E-state index contributed by atoms with van der Waals surface area (Å²) in [5, 5.41) is 8.71. The fourth-order valence-electron chi connectivity index (χ4n) is 2.16. The molecular formula is C14H18ClN3O3. The normalized spacial score (nSPS) is 21.7. The van der Waals surface area contributed by atoms with E-state index in [1.54, 1.807) is 18.2 Å². The monoisotopic (exact) mass is 311 g/mol. The second-order valence-electron chi connectivity index (χ2n) is 4.77. The summed E-state index contributed by atoms with van der Waals surface area (Å²) >= 11 is 5.97. The molecule has 2 rings (SSSR count). The lowest BCUT2D eigenvalue weighted by molar-refractivity contribution is -0.123. The van der Waals surface area contributed by atoms with Gasteiger partial charge in [-0.05, 0) is 25.1 Å². The molecular weight excluding hydrogens is 294 g/mol. The quantitative estimate of drug-likeness (QED) is 0.778. The van der Waals surface area contributed by atoms with E-state index in [-0.39, 0.29) is 17.9 Å². The first-order chi connectivity index (χ1) is 10.0. The first-order valence-electron chi connectivity index (χ1n) is 6.70. The Morgan fingerprint density at radius 1 is 1.43 bits per heavy atom. The van der Waals surface area contributed by atoms with Gasteiger partial charge in [0, 0.05) is 19.3 Å². The van der Waals surface area contributed by atoms with E-state index in [1.165, 1.54) is 7.05 Å². The summed E-state index contributed by atoms with van der Waals surface area (Å²) in [6.45, 7) is 3.06. The van der Waals surface area contributed by atoms with E-state index in [4.69, 9.17) is 16.3 Å². The van der Waals surface area contributed by atoms with Gasteiger partial charge in [-0.25, -0.2) is 0 Å². The number of nitrogens with one attached hydrogen (secondary N) is 3. The summed E-state index contributed by atoms with van der Waals surface area (Å²) in [6.07, 6.45) is -0.204. The van der Waals surface area contributed by atoms with Crippen LogP contribution in [0.2, 0.25) is 5.02 Å². The lowest BCUT2D eigenvalue weighted by Crippen LogP contribution is -2.53. The van der Waals surface area contributed by atoms with Gasteiger partial charge in [0.1, 0.15) is 6.04 Å². The highest BCUT2D eigenvalue weighted by atomic mass is 35.5. The van der Waals surface area contributed by atoms with Crippen molar-refractivity contribution in [3.63, 3.8) is 0 Å². The second-order valence-corrected chi connectivity index (χ2v) is 5.18. The second kappa shape index (κ2) is 6.89. The molecule has 1 fully saturated rings. The first-order valence-corrected chi connectivity index (χ1v) is 7.08. The number of carbonyl (C=O) groups excluding carboxylic acids is 2. The van der Waals surface area contributed by atoms with Gasteiger partial charge in [-0.15, -0.1) is 0 Å². The Morgan fingerprint density at radius 2 is 2.19 bits per heavy atom. The Balaban J connectivity index is 2.12. The minimum Gasteiger partial charge on any atom is -0.375 e. The Kier molecular flexibility index (Phi) is 5.17. The number of ether oxygens (including phenoxy) is 1. The van der Waals surface area contributed by atoms with Crippen LogP contribution in [-0.2, 0) is 9.53 Å². The van der Waals surface area contributed by atoms with Crippen LogP contribution in [0.1, 0.15) is 17.3 Å². The molecule has 2 amide bonds. The average Bonchev–Trinajstić information content (AvgIpc) is 2.48. The number of anilines is 1. The summed E-state index contributed by atoms with van der Waals surface area (Å²) in [5.74, 6) is -0.504. The lowest BCUT2D eigenvalue weighted by atomic mass is 10.1. The van der Waals surface area contributed by atoms with Crippen LogP contribution in [0.4, 0.5) is 5.69 Å². The summed E-state index contributed by atoms with van der Waals surface area (Å²) in [4.78, 5) is 23.9. The van der Waals surface area contributed by atoms with Crippen LogP contribution in [0.3, 0.4) is 0 Å². The summed E-state index contributed by atoms with van der Waals surface area (Å²) < 4.78 is 5.44. The van der Waals surface area contributed by atoms with Crippen LogP contribution in [0, 0.1) is 0 Å². The SMILES string of the molecule is CNC(=O)c1cc(NC(=O)[C@H]2NCCO[C@@H]2C)ccc1Cl. The van der Waals surface area contributed by atoms with Crippen LogP contribution in [0.15, 0.2) is 18.2 Å². The maximum absolute atomic E-state index is 12.2. The van der Waals surface area contributed by atoms with E-state index in [0.717, 1.165) is 0 Å². The number of halogens is 1. The van der Waals surface area contributed by atoms with Gasteiger partial charge in [0.25, 0.3) is 5.91 Å². The van der Waals surface area contributed by atoms with E-state index >= 15 is 0 Å². The molecule has 6 nitrogen and oxygen atoms in total. The average molecular weight is 312 g/mol. The third-order valence-corrected chi connectivity index (χ3v) is 3.63. The summed E-state index contributed by atoms with van der Waals surface area (Å²) in [6, 6.07) is 4.36. The van der Waals surface area contributed by atoms with Gasteiger partial charge < -0.3 is 20.7 Å². The summed E-state index contributed by atoms with van der Waals surface area (Å²) in [7, 11) is 1.52. The highest BCUT2D eigenvalue weighted by molar-refractivity contribution is 6.34. The van der Waals surface area contributed by atoms with Crippen molar-refractivity contribution in [1.82, 2.24) is 10.6 Å². The van der Waals surface area contributed by atoms with Gasteiger partial charge in [0.2, 0.25) is 5.91 Å². The zero-order chi connectivity index (χ0) is 15.4. The van der Waals surface area contributed by atoms with E-state index in [9.17, 15) is 9.59 Å². The third-order valence-electron chi connectivity index (χ3n) is 3.30. The molecule has 0 unspecified atom stereocenters. The molecule has 1 heterocycles. The molecule has 0 aliphatic carbocycles. The lowest BCUT2D eigenvalue weighted by Gasteiger charge is -2.29. The van der Waals surface area contributed by atoms with E-state index in [1.807, 2.05) is 6.92 Å². The largest absolute Gasteiger partial charge is 0.375 e. The van der Waals surface area contributed by atoms with Crippen LogP contribution in [-0.4, -0.2) is 44.2 Å². The molecule has 7 heteroatoms. The van der Waals surface area contributed by atoms with Crippen molar-refractivity contribution in [2.24, 2.45) is 0 Å². The topological polar surface area (TPSA) is 79.5 Å². The molecule has 0 spiro atoms. The molecule has 0 saturated carbocycles. The predicted octanol–water partition coefficient (Wildman–Crippen LogP) is 1.01. The molecule has 1 aromatic rings. The third kappa shape index (κ3) is 3.72. The zero-order valence-electron chi connectivity index (χ0n) is 11.9. The van der Waals surface area contributed by atoms with Crippen LogP contribution >= 0.6 is 11.6 Å². The molecule has 2 atom stereocenters. The number of carbonyl (C=O) groups is 2. The molecule has 0 aromatic heterocycles. The molecule has 0 radical (unpaired) electrons. The van der Waals surface area contributed by atoms with Crippen molar-refractivity contribution in [1.29, 1.82) is 0 Å². The Hall–Kier alpha value is -1.63. The Bertz CT molecular complexity index is 550. The van der Waals surface area contributed by atoms with Crippen LogP contribution in [0.25, 0.3) is 0 Å². The predicted molar refractivity (Wildman–Crippen MR) is 80.7 cm³/mol. The van der Waals surface area contributed by atoms with Gasteiger partial charge in [0.05, 0.1) is 23.3 Å². The molecule has 1 aliphatic heterocycles. The van der Waals surface area contributed by atoms with Gasteiger partial charge in [-0.2, -0.15) is 0 Å². The Labute approximate surface area is 128 Å². The zero-order valence-corrected chi connectivity index (χ0v) is 12.7. The smallest absolute Gasteiger partial charge is 0.252 e. The molecule has 114 valence electrons. The van der Waals surface area contributed by atoms with Crippen molar-refractivity contribution >= 4 is 29.1 Å². The first kappa shape index (κ1) is 15.8. The minimum absolute atomic E-state index is 0.202. The molecule has 21 heavy (non-hydrogen) atoms. The number of amides is 2. The van der Waals surface area contributed by atoms with E-state index in [0.29, 0.717) is 29.4 Å². The summed E-state index contributed by atoms with van der Waals surface area (Å²) in [5.41, 5.74) is 0.834. The Morgan fingerprint density at radius 3 is 2.86 bits per heavy atom. The molecule has 3 N–H and O–H groups in total. The molecule has 1 saturated heterocycles. The van der Waals surface area contributed by atoms with Gasteiger partial charge in [-0.1, -0.05) is 11.6 Å². The molecule has 0 bridgehead atoms. The number of morpholine rings is 1. The fraction of sp³-hybridized carbons (Fsp3) is 0.429. The maximum Gasteiger partial charge on any atom is 0.252 e. The number of rotatable bonds is 3. The highest BCUT2D eigenvalue weighted by Gasteiger charge is 2.28. The van der Waals surface area contributed by atoms with Gasteiger partial charge >= 0.3 is 0 Å². The van der Waals surface area contributed by atoms with E-state index in [2.05, 4.69) is 16.0 Å². The van der Waals surface area contributed by atoms with Crippen molar-refractivity contribution in [3.05, 3.63) is 28.8 Å². The van der Waals surface area contributed by atoms with Crippen LogP contribution < -0.4 is 16.0 Å². The number of benzene rings is 1.